The van der Waals surface area contributed by atoms with E-state index in [1.54, 1.807) is 18.2 Å². The second-order valence-corrected chi connectivity index (χ2v) is 6.18. The van der Waals surface area contributed by atoms with E-state index >= 15 is 0 Å². The summed E-state index contributed by atoms with van der Waals surface area (Å²) in [5.41, 5.74) is 0.369. The molecular formula is C20H16ClN3O7. The quantitative estimate of drug-likeness (QED) is 0.268. The molecule has 0 aliphatic rings. The molecule has 0 aliphatic heterocycles. The minimum Gasteiger partial charge on any atom is -0.493 e. The first kappa shape index (κ1) is 23.2. The van der Waals surface area contributed by atoms with Crippen LogP contribution < -0.4 is 14.8 Å². The molecular weight excluding hydrogens is 430 g/mol. The van der Waals surface area contributed by atoms with Gasteiger partial charge < -0.3 is 19.5 Å². The van der Waals surface area contributed by atoms with Gasteiger partial charge in [0.15, 0.2) is 24.7 Å². The molecule has 0 spiro atoms. The van der Waals surface area contributed by atoms with Crippen molar-refractivity contribution in [2.45, 2.75) is 0 Å². The zero-order valence-electron chi connectivity index (χ0n) is 16.2. The lowest BCUT2D eigenvalue weighted by atomic mass is 10.2. The van der Waals surface area contributed by atoms with Crippen LogP contribution >= 0.6 is 11.6 Å². The van der Waals surface area contributed by atoms with Crippen LogP contribution in [0.5, 0.6) is 11.5 Å². The Balaban J connectivity index is 1.91. The molecule has 11 heteroatoms. The van der Waals surface area contributed by atoms with Crippen molar-refractivity contribution in [3.63, 3.8) is 0 Å². The maximum absolute atomic E-state index is 11.9. The third-order valence-corrected chi connectivity index (χ3v) is 3.98. The van der Waals surface area contributed by atoms with Crippen molar-refractivity contribution in [1.29, 1.82) is 5.26 Å². The fraction of sp³-hybridized carbons (Fsp3) is 0.150. The molecule has 0 radical (unpaired) electrons. The van der Waals surface area contributed by atoms with Gasteiger partial charge in [0, 0.05) is 17.8 Å². The van der Waals surface area contributed by atoms with Gasteiger partial charge in [-0.1, -0.05) is 17.7 Å². The van der Waals surface area contributed by atoms with E-state index in [4.69, 9.17) is 31.1 Å². The van der Waals surface area contributed by atoms with Crippen LogP contribution in [0.15, 0.2) is 42.5 Å². The van der Waals surface area contributed by atoms with Crippen molar-refractivity contribution in [2.24, 2.45) is 0 Å². The third kappa shape index (κ3) is 7.02. The second-order valence-electron chi connectivity index (χ2n) is 5.77. The average molecular weight is 446 g/mol. The number of anilines is 1. The predicted octanol–water partition coefficient (Wildman–Crippen LogP) is 3.35. The highest BCUT2D eigenvalue weighted by Gasteiger charge is 2.14. The van der Waals surface area contributed by atoms with Crippen LogP contribution in [0.3, 0.4) is 0 Å². The molecule has 0 heterocycles. The summed E-state index contributed by atoms with van der Waals surface area (Å²) in [6.07, 6.45) is 2.56. The number of methoxy groups -OCH3 is 1. The van der Waals surface area contributed by atoms with Crippen LogP contribution in [0.4, 0.5) is 11.4 Å². The molecule has 0 aromatic heterocycles. The number of halogens is 1. The molecule has 160 valence electrons. The molecule has 0 fully saturated rings. The van der Waals surface area contributed by atoms with Crippen molar-refractivity contribution in [3.05, 3.63) is 63.2 Å². The van der Waals surface area contributed by atoms with Gasteiger partial charge in [-0.25, -0.2) is 4.79 Å². The summed E-state index contributed by atoms with van der Waals surface area (Å²) in [7, 11) is 1.43. The number of rotatable bonds is 9. The zero-order valence-corrected chi connectivity index (χ0v) is 16.9. The average Bonchev–Trinajstić information content (AvgIpc) is 2.76. The van der Waals surface area contributed by atoms with Gasteiger partial charge in [-0.05, 0) is 35.9 Å². The number of ether oxygens (including phenoxy) is 3. The summed E-state index contributed by atoms with van der Waals surface area (Å²) in [4.78, 5) is 33.9. The number of esters is 1. The number of nitro benzene ring substituents is 1. The Morgan fingerprint density at radius 1 is 1.26 bits per heavy atom. The first-order valence-corrected chi connectivity index (χ1v) is 8.98. The fourth-order valence-corrected chi connectivity index (χ4v) is 2.48. The van der Waals surface area contributed by atoms with Crippen molar-refractivity contribution < 1.29 is 28.7 Å². The summed E-state index contributed by atoms with van der Waals surface area (Å²) in [6, 6.07) is 10.4. The van der Waals surface area contributed by atoms with E-state index in [9.17, 15) is 19.7 Å². The van der Waals surface area contributed by atoms with Crippen LogP contribution in [0.1, 0.15) is 5.56 Å². The van der Waals surface area contributed by atoms with Crippen LogP contribution in [0.2, 0.25) is 5.02 Å². The number of nitro groups is 1. The number of hydrogen-bond donors (Lipinski definition) is 1. The summed E-state index contributed by atoms with van der Waals surface area (Å²) in [5, 5.41) is 21.7. The number of nitrogens with one attached hydrogen (secondary N) is 1. The summed E-state index contributed by atoms with van der Waals surface area (Å²) in [6.45, 7) is -0.729. The van der Waals surface area contributed by atoms with Gasteiger partial charge in [-0.15, -0.1) is 0 Å². The monoisotopic (exact) mass is 445 g/mol. The topological polar surface area (TPSA) is 141 Å². The van der Waals surface area contributed by atoms with Crippen molar-refractivity contribution in [3.8, 4) is 17.6 Å². The Bertz CT molecular complexity index is 1060. The van der Waals surface area contributed by atoms with Gasteiger partial charge >= 0.3 is 5.97 Å². The van der Waals surface area contributed by atoms with Crippen molar-refractivity contribution in [2.75, 3.05) is 25.6 Å². The number of amides is 1. The molecule has 1 amide bonds. The molecule has 0 saturated heterocycles. The van der Waals surface area contributed by atoms with Crippen LogP contribution in [0, 0.1) is 21.4 Å². The van der Waals surface area contributed by atoms with Gasteiger partial charge in [0.05, 0.1) is 12.0 Å². The standard InChI is InChI=1S/C20H16ClN3O7/c1-29-18-10-13(2-6-17(18)30-9-8-22)3-7-20(26)31-12-19(25)23-14-4-5-15(21)16(11-14)24(27)28/h2-7,10-11H,9,12H2,1H3,(H,23,25). The van der Waals surface area contributed by atoms with Crippen molar-refractivity contribution in [1.82, 2.24) is 0 Å². The van der Waals surface area contributed by atoms with Gasteiger partial charge in [0.25, 0.3) is 11.6 Å². The summed E-state index contributed by atoms with van der Waals surface area (Å²) in [5.74, 6) is -0.704. The minimum absolute atomic E-state index is 0.0687. The molecule has 0 atom stereocenters. The lowest BCUT2D eigenvalue weighted by Crippen LogP contribution is -2.20. The third-order valence-electron chi connectivity index (χ3n) is 3.66. The molecule has 2 rings (SSSR count). The van der Waals surface area contributed by atoms with Crippen molar-refractivity contribution >= 4 is 40.9 Å². The Labute approximate surface area is 181 Å². The lowest BCUT2D eigenvalue weighted by molar-refractivity contribution is -0.384. The van der Waals surface area contributed by atoms with Gasteiger partial charge in [0.1, 0.15) is 11.1 Å². The van der Waals surface area contributed by atoms with E-state index in [1.165, 1.54) is 25.3 Å². The molecule has 0 aliphatic carbocycles. The fourth-order valence-electron chi connectivity index (χ4n) is 2.29. The summed E-state index contributed by atoms with van der Waals surface area (Å²) >= 11 is 5.71. The van der Waals surface area contributed by atoms with E-state index in [0.29, 0.717) is 17.1 Å². The van der Waals surface area contributed by atoms with E-state index in [2.05, 4.69) is 5.32 Å². The Morgan fingerprint density at radius 3 is 2.71 bits per heavy atom. The van der Waals surface area contributed by atoms with E-state index in [0.717, 1.165) is 12.1 Å². The molecule has 1 N–H and O–H groups in total. The highest BCUT2D eigenvalue weighted by atomic mass is 35.5. The number of hydrogen-bond acceptors (Lipinski definition) is 8. The van der Waals surface area contributed by atoms with Gasteiger partial charge in [0.2, 0.25) is 0 Å². The zero-order chi connectivity index (χ0) is 22.8. The number of nitriles is 1. The highest BCUT2D eigenvalue weighted by molar-refractivity contribution is 6.32. The minimum atomic E-state index is -0.777. The normalized spacial score (nSPS) is 10.2. The van der Waals surface area contributed by atoms with E-state index in [1.807, 2.05) is 6.07 Å². The number of benzene rings is 2. The molecule has 0 saturated carbocycles. The largest absolute Gasteiger partial charge is 0.493 e. The first-order valence-electron chi connectivity index (χ1n) is 8.60. The molecule has 10 nitrogen and oxygen atoms in total. The lowest BCUT2D eigenvalue weighted by Gasteiger charge is -2.08. The molecule has 31 heavy (non-hydrogen) atoms. The maximum atomic E-state index is 11.9. The Hall–Kier alpha value is -4.10. The number of nitrogens with zero attached hydrogens (tertiary/aromatic N) is 2. The number of carbonyl (C=O) groups excluding carboxylic acids is 2. The van der Waals surface area contributed by atoms with E-state index < -0.39 is 23.4 Å². The maximum Gasteiger partial charge on any atom is 0.331 e. The van der Waals surface area contributed by atoms with Crippen LogP contribution in [-0.4, -0.2) is 37.1 Å². The molecule has 2 aromatic rings. The highest BCUT2D eigenvalue weighted by Crippen LogP contribution is 2.29. The van der Waals surface area contributed by atoms with E-state index in [-0.39, 0.29) is 23.0 Å². The van der Waals surface area contributed by atoms with Crippen LogP contribution in [-0.2, 0) is 14.3 Å². The summed E-state index contributed by atoms with van der Waals surface area (Å²) < 4.78 is 15.2. The number of carbonyl (C=O) groups is 2. The Morgan fingerprint density at radius 2 is 2.03 bits per heavy atom. The second kappa shape index (κ2) is 11.2. The molecule has 0 bridgehead atoms. The molecule has 0 unspecified atom stereocenters. The smallest absolute Gasteiger partial charge is 0.331 e. The Kier molecular flexibility index (Phi) is 8.36. The van der Waals surface area contributed by atoms with Gasteiger partial charge in [-0.2, -0.15) is 5.26 Å². The molecule has 2 aromatic carbocycles. The SMILES string of the molecule is COc1cc(C=CC(=O)OCC(=O)Nc2ccc(Cl)c([N+](=O)[O-])c2)ccc1OCC#N. The van der Waals surface area contributed by atoms with Gasteiger partial charge in [-0.3, -0.25) is 14.9 Å². The predicted molar refractivity (Wildman–Crippen MR) is 111 cm³/mol. The van der Waals surface area contributed by atoms with Crippen LogP contribution in [0.25, 0.3) is 6.08 Å². The first-order chi connectivity index (χ1) is 14.8.